The Labute approximate surface area is 158 Å². The molecule has 2 aromatic carbocycles. The van der Waals surface area contributed by atoms with Gasteiger partial charge in [0.2, 0.25) is 5.91 Å². The number of methoxy groups -OCH3 is 1. The van der Waals surface area contributed by atoms with Gasteiger partial charge in [-0.05, 0) is 30.3 Å². The highest BCUT2D eigenvalue weighted by atomic mass is 35.5. The van der Waals surface area contributed by atoms with Gasteiger partial charge in [-0.15, -0.1) is 0 Å². The standard InChI is InChI=1S/C20H21ClN2O3/c1-25-19-5-3-2-4-15(19)6-9-20(24)22-17-14-16(21)7-8-18(17)23-10-12-26-13-11-23/h2-9,14H,10-13H2,1H3,(H,22,24)/b9-6+. The Morgan fingerprint density at radius 3 is 2.77 bits per heavy atom. The third-order valence-corrected chi connectivity index (χ3v) is 4.36. The first-order valence-corrected chi connectivity index (χ1v) is 8.79. The minimum Gasteiger partial charge on any atom is -0.496 e. The smallest absolute Gasteiger partial charge is 0.248 e. The normalized spacial score (nSPS) is 14.5. The van der Waals surface area contributed by atoms with Gasteiger partial charge in [0.05, 0.1) is 31.7 Å². The lowest BCUT2D eigenvalue weighted by Crippen LogP contribution is -2.36. The van der Waals surface area contributed by atoms with E-state index >= 15 is 0 Å². The van der Waals surface area contributed by atoms with Gasteiger partial charge in [-0.1, -0.05) is 29.8 Å². The Balaban J connectivity index is 1.76. The Kier molecular flexibility index (Phi) is 6.15. The van der Waals surface area contributed by atoms with Crippen LogP contribution in [0.25, 0.3) is 6.08 Å². The third-order valence-electron chi connectivity index (χ3n) is 4.12. The zero-order valence-corrected chi connectivity index (χ0v) is 15.3. The van der Waals surface area contributed by atoms with E-state index in [1.54, 1.807) is 19.3 Å². The quantitative estimate of drug-likeness (QED) is 0.810. The molecule has 0 radical (unpaired) electrons. The van der Waals surface area contributed by atoms with Crippen molar-refractivity contribution in [3.63, 3.8) is 0 Å². The number of para-hydroxylation sites is 1. The topological polar surface area (TPSA) is 50.8 Å². The van der Waals surface area contributed by atoms with Gasteiger partial charge < -0.3 is 19.7 Å². The molecule has 0 aromatic heterocycles. The van der Waals surface area contributed by atoms with Crippen molar-refractivity contribution in [3.05, 3.63) is 59.1 Å². The molecule has 0 spiro atoms. The highest BCUT2D eigenvalue weighted by Crippen LogP contribution is 2.30. The second kappa shape index (κ2) is 8.74. The second-order valence-electron chi connectivity index (χ2n) is 5.83. The molecule has 1 saturated heterocycles. The van der Waals surface area contributed by atoms with Crippen LogP contribution in [0.3, 0.4) is 0 Å². The zero-order valence-electron chi connectivity index (χ0n) is 14.6. The molecule has 1 aliphatic rings. The SMILES string of the molecule is COc1ccccc1/C=C/C(=O)Nc1cc(Cl)ccc1N1CCOCC1. The molecule has 0 unspecified atom stereocenters. The predicted molar refractivity (Wildman–Crippen MR) is 105 cm³/mol. The Bertz CT molecular complexity index is 801. The van der Waals surface area contributed by atoms with Crippen LogP contribution in [0.2, 0.25) is 5.02 Å². The summed E-state index contributed by atoms with van der Waals surface area (Å²) < 4.78 is 10.7. The number of morpholine rings is 1. The number of halogens is 1. The molecule has 1 heterocycles. The van der Waals surface area contributed by atoms with E-state index in [-0.39, 0.29) is 5.91 Å². The number of hydrogen-bond acceptors (Lipinski definition) is 4. The van der Waals surface area contributed by atoms with E-state index in [0.717, 1.165) is 24.3 Å². The average molecular weight is 373 g/mol. The number of nitrogens with zero attached hydrogens (tertiary/aromatic N) is 1. The van der Waals surface area contributed by atoms with Crippen molar-refractivity contribution >= 4 is 35.0 Å². The molecule has 1 amide bonds. The summed E-state index contributed by atoms with van der Waals surface area (Å²) in [6.45, 7) is 2.90. The summed E-state index contributed by atoms with van der Waals surface area (Å²) in [6.07, 6.45) is 3.22. The fraction of sp³-hybridized carbons (Fsp3) is 0.250. The maximum Gasteiger partial charge on any atom is 0.248 e. The first-order valence-electron chi connectivity index (χ1n) is 8.41. The van der Waals surface area contributed by atoms with Gasteiger partial charge in [-0.2, -0.15) is 0 Å². The maximum absolute atomic E-state index is 12.4. The van der Waals surface area contributed by atoms with Crippen LogP contribution in [0.5, 0.6) is 5.75 Å². The molecule has 3 rings (SSSR count). The van der Waals surface area contributed by atoms with Crippen LogP contribution in [-0.4, -0.2) is 39.3 Å². The Hall–Kier alpha value is -2.50. The van der Waals surface area contributed by atoms with E-state index in [2.05, 4.69) is 10.2 Å². The fourth-order valence-corrected chi connectivity index (χ4v) is 3.00. The lowest BCUT2D eigenvalue weighted by molar-refractivity contribution is -0.111. The van der Waals surface area contributed by atoms with Crippen LogP contribution < -0.4 is 15.0 Å². The largest absolute Gasteiger partial charge is 0.496 e. The maximum atomic E-state index is 12.4. The molecule has 136 valence electrons. The van der Waals surface area contributed by atoms with Gasteiger partial charge in [-0.25, -0.2) is 0 Å². The summed E-state index contributed by atoms with van der Waals surface area (Å²) in [6, 6.07) is 13.0. The zero-order chi connectivity index (χ0) is 18.4. The van der Waals surface area contributed by atoms with E-state index in [0.29, 0.717) is 29.7 Å². The summed E-state index contributed by atoms with van der Waals surface area (Å²) in [5, 5.41) is 3.50. The van der Waals surface area contributed by atoms with Gasteiger partial charge in [0.1, 0.15) is 5.75 Å². The molecule has 1 aliphatic heterocycles. The number of ether oxygens (including phenoxy) is 2. The van der Waals surface area contributed by atoms with Gasteiger partial charge >= 0.3 is 0 Å². The molecule has 5 nitrogen and oxygen atoms in total. The summed E-state index contributed by atoms with van der Waals surface area (Å²) in [7, 11) is 1.60. The minimum absolute atomic E-state index is 0.229. The number of hydrogen-bond donors (Lipinski definition) is 1. The van der Waals surface area contributed by atoms with Crippen LogP contribution in [0.15, 0.2) is 48.5 Å². The van der Waals surface area contributed by atoms with Crippen LogP contribution in [0.4, 0.5) is 11.4 Å². The van der Waals surface area contributed by atoms with Crippen molar-refractivity contribution in [2.45, 2.75) is 0 Å². The number of amides is 1. The summed E-state index contributed by atoms with van der Waals surface area (Å²) in [5.74, 6) is 0.487. The van der Waals surface area contributed by atoms with Gasteiger partial charge in [0, 0.05) is 29.8 Å². The lowest BCUT2D eigenvalue weighted by Gasteiger charge is -2.30. The molecule has 6 heteroatoms. The number of nitrogens with one attached hydrogen (secondary N) is 1. The van der Waals surface area contributed by atoms with Crippen molar-refractivity contribution in [1.82, 2.24) is 0 Å². The molecule has 2 aromatic rings. The molecule has 26 heavy (non-hydrogen) atoms. The number of carbonyl (C=O) groups excluding carboxylic acids is 1. The van der Waals surface area contributed by atoms with E-state index < -0.39 is 0 Å². The molecule has 1 N–H and O–H groups in total. The first kappa shape index (κ1) is 18.3. The van der Waals surface area contributed by atoms with Crippen LogP contribution in [0, 0.1) is 0 Å². The average Bonchev–Trinajstić information content (AvgIpc) is 2.67. The van der Waals surface area contributed by atoms with E-state index in [1.165, 1.54) is 6.08 Å². The molecular weight excluding hydrogens is 352 g/mol. The fourth-order valence-electron chi connectivity index (χ4n) is 2.83. The Morgan fingerprint density at radius 2 is 2.00 bits per heavy atom. The van der Waals surface area contributed by atoms with Crippen molar-refractivity contribution in [1.29, 1.82) is 0 Å². The summed E-state index contributed by atoms with van der Waals surface area (Å²) >= 11 is 6.12. The van der Waals surface area contributed by atoms with Crippen molar-refractivity contribution in [2.75, 3.05) is 43.6 Å². The first-order chi connectivity index (χ1) is 12.7. The van der Waals surface area contributed by atoms with Crippen LogP contribution in [-0.2, 0) is 9.53 Å². The number of benzene rings is 2. The molecule has 0 bridgehead atoms. The number of rotatable bonds is 5. The highest BCUT2D eigenvalue weighted by molar-refractivity contribution is 6.31. The van der Waals surface area contributed by atoms with E-state index in [1.807, 2.05) is 36.4 Å². The number of anilines is 2. The van der Waals surface area contributed by atoms with Gasteiger partial charge in [-0.3, -0.25) is 4.79 Å². The highest BCUT2D eigenvalue weighted by Gasteiger charge is 2.16. The van der Waals surface area contributed by atoms with Crippen molar-refractivity contribution in [3.8, 4) is 5.75 Å². The molecule has 1 fully saturated rings. The molecule has 0 saturated carbocycles. The second-order valence-corrected chi connectivity index (χ2v) is 6.26. The molecule has 0 aliphatic carbocycles. The monoisotopic (exact) mass is 372 g/mol. The van der Waals surface area contributed by atoms with Crippen LogP contribution >= 0.6 is 11.6 Å². The Morgan fingerprint density at radius 1 is 1.23 bits per heavy atom. The summed E-state index contributed by atoms with van der Waals surface area (Å²) in [5.41, 5.74) is 2.47. The van der Waals surface area contributed by atoms with Crippen LogP contribution in [0.1, 0.15) is 5.56 Å². The molecular formula is C20H21ClN2O3. The summed E-state index contributed by atoms with van der Waals surface area (Å²) in [4.78, 5) is 14.6. The minimum atomic E-state index is -0.229. The van der Waals surface area contributed by atoms with Gasteiger partial charge in [0.15, 0.2) is 0 Å². The number of carbonyl (C=O) groups is 1. The van der Waals surface area contributed by atoms with Crippen molar-refractivity contribution in [2.24, 2.45) is 0 Å². The third kappa shape index (κ3) is 4.56. The van der Waals surface area contributed by atoms with Crippen molar-refractivity contribution < 1.29 is 14.3 Å². The van der Waals surface area contributed by atoms with Gasteiger partial charge in [0.25, 0.3) is 0 Å². The predicted octanol–water partition coefficient (Wildman–Crippen LogP) is 3.84. The van der Waals surface area contributed by atoms with E-state index in [9.17, 15) is 4.79 Å². The molecule has 0 atom stereocenters. The lowest BCUT2D eigenvalue weighted by atomic mass is 10.2. The van der Waals surface area contributed by atoms with E-state index in [4.69, 9.17) is 21.1 Å².